The maximum atomic E-state index is 12.4. The van der Waals surface area contributed by atoms with E-state index in [0.29, 0.717) is 5.65 Å². The van der Waals surface area contributed by atoms with Crippen molar-refractivity contribution in [2.24, 2.45) is 5.10 Å². The summed E-state index contributed by atoms with van der Waals surface area (Å²) in [5, 5.41) is 14.4. The molecule has 3 rings (SSSR count). The molecule has 130 valence electrons. The maximum Gasteiger partial charge on any atom is 0.271 e. The number of benzene rings is 1. The zero-order valence-corrected chi connectivity index (χ0v) is 13.8. The topological polar surface area (TPSA) is 119 Å². The summed E-state index contributed by atoms with van der Waals surface area (Å²) in [6.45, 7) is 0. The predicted molar refractivity (Wildman–Crippen MR) is 94.6 cm³/mol. The van der Waals surface area contributed by atoms with Gasteiger partial charge in [0.15, 0.2) is 0 Å². The van der Waals surface area contributed by atoms with Gasteiger partial charge < -0.3 is 0 Å². The number of halogens is 1. The molecule has 1 N–H and O–H groups in total. The minimum atomic E-state index is -0.671. The highest BCUT2D eigenvalue weighted by atomic mass is 35.5. The Morgan fingerprint density at radius 1 is 1.31 bits per heavy atom. The molecule has 0 radical (unpaired) electrons. The van der Waals surface area contributed by atoms with E-state index in [4.69, 9.17) is 11.6 Å². The van der Waals surface area contributed by atoms with Crippen LogP contribution in [0.4, 0.5) is 5.69 Å². The number of nitro groups is 1. The van der Waals surface area contributed by atoms with Crippen LogP contribution in [-0.2, 0) is 0 Å². The quantitative estimate of drug-likeness (QED) is 0.325. The SMILES string of the molecule is O=C(N/N=C\c1c(Cl)nc2ccccn2c1=O)c1cccc([N+](=O)[O-])c1. The van der Waals surface area contributed by atoms with Crippen molar-refractivity contribution >= 4 is 35.1 Å². The van der Waals surface area contributed by atoms with Gasteiger partial charge in [-0.2, -0.15) is 5.10 Å². The van der Waals surface area contributed by atoms with Crippen LogP contribution in [0.1, 0.15) is 15.9 Å². The molecule has 0 aliphatic rings. The summed E-state index contributed by atoms with van der Waals surface area (Å²) in [4.78, 5) is 38.6. The van der Waals surface area contributed by atoms with Gasteiger partial charge in [0.05, 0.1) is 16.7 Å². The molecule has 1 aromatic carbocycles. The molecule has 0 aliphatic carbocycles. The van der Waals surface area contributed by atoms with E-state index in [1.807, 2.05) is 0 Å². The summed E-state index contributed by atoms with van der Waals surface area (Å²) >= 11 is 5.99. The fraction of sp³-hybridized carbons (Fsp3) is 0. The second-order valence-corrected chi connectivity index (χ2v) is 5.41. The number of amides is 1. The van der Waals surface area contributed by atoms with Crippen molar-refractivity contribution in [1.29, 1.82) is 0 Å². The van der Waals surface area contributed by atoms with E-state index in [1.54, 1.807) is 18.2 Å². The molecule has 0 atom stereocenters. The molecule has 0 aliphatic heterocycles. The summed E-state index contributed by atoms with van der Waals surface area (Å²) in [6.07, 6.45) is 2.60. The number of nitrogens with zero attached hydrogens (tertiary/aromatic N) is 4. The second-order valence-electron chi connectivity index (χ2n) is 5.06. The van der Waals surface area contributed by atoms with Gasteiger partial charge in [-0.25, -0.2) is 10.4 Å². The molecule has 3 aromatic rings. The standard InChI is InChI=1S/C16H10ClN5O4/c17-14-12(16(24)21-7-2-1-6-13(21)19-14)9-18-20-15(23)10-4-3-5-11(8-10)22(25)26/h1-9H,(H,20,23)/b18-9-. The minimum Gasteiger partial charge on any atom is -0.268 e. The number of non-ortho nitro benzene ring substituents is 1. The fourth-order valence-corrected chi connectivity index (χ4v) is 2.38. The number of aromatic nitrogens is 2. The van der Waals surface area contributed by atoms with Gasteiger partial charge in [0, 0.05) is 23.9 Å². The first-order chi connectivity index (χ1) is 12.5. The van der Waals surface area contributed by atoms with Crippen molar-refractivity contribution in [2.75, 3.05) is 0 Å². The third kappa shape index (κ3) is 3.42. The number of rotatable bonds is 4. The second kappa shape index (κ2) is 7.11. The number of carbonyl (C=O) groups is 1. The zero-order chi connectivity index (χ0) is 18.7. The number of pyridine rings is 1. The number of nitro benzene ring substituents is 1. The van der Waals surface area contributed by atoms with Crippen LogP contribution in [0.5, 0.6) is 0 Å². The highest BCUT2D eigenvalue weighted by Gasteiger charge is 2.12. The summed E-state index contributed by atoms with van der Waals surface area (Å²) in [6, 6.07) is 10.2. The van der Waals surface area contributed by atoms with E-state index in [2.05, 4.69) is 15.5 Å². The molecule has 9 nitrogen and oxygen atoms in total. The number of carbonyl (C=O) groups excluding carboxylic acids is 1. The number of hydrazone groups is 1. The van der Waals surface area contributed by atoms with Gasteiger partial charge in [0.1, 0.15) is 10.8 Å². The van der Waals surface area contributed by atoms with E-state index < -0.39 is 16.4 Å². The molecule has 26 heavy (non-hydrogen) atoms. The van der Waals surface area contributed by atoms with E-state index in [-0.39, 0.29) is 22.0 Å². The molecule has 2 heterocycles. The highest BCUT2D eigenvalue weighted by molar-refractivity contribution is 6.32. The lowest BCUT2D eigenvalue weighted by Gasteiger charge is -2.03. The van der Waals surface area contributed by atoms with Gasteiger partial charge in [-0.1, -0.05) is 23.7 Å². The molecule has 0 fully saturated rings. The van der Waals surface area contributed by atoms with Crippen LogP contribution in [0.15, 0.2) is 58.6 Å². The third-order valence-corrected chi connectivity index (χ3v) is 3.69. The Labute approximate surface area is 150 Å². The monoisotopic (exact) mass is 371 g/mol. The number of hydrogen-bond donors (Lipinski definition) is 1. The number of hydrogen-bond acceptors (Lipinski definition) is 6. The van der Waals surface area contributed by atoms with Crippen molar-refractivity contribution in [3.05, 3.63) is 85.4 Å². The number of nitrogens with one attached hydrogen (secondary N) is 1. The molecule has 0 spiro atoms. The zero-order valence-electron chi connectivity index (χ0n) is 13.0. The van der Waals surface area contributed by atoms with Crippen LogP contribution in [0, 0.1) is 10.1 Å². The van der Waals surface area contributed by atoms with E-state index >= 15 is 0 Å². The van der Waals surface area contributed by atoms with Crippen molar-refractivity contribution in [3.8, 4) is 0 Å². The summed E-state index contributed by atoms with van der Waals surface area (Å²) < 4.78 is 1.29. The van der Waals surface area contributed by atoms with Crippen LogP contribution in [0.2, 0.25) is 5.15 Å². The lowest BCUT2D eigenvalue weighted by Crippen LogP contribution is -2.22. The Bertz CT molecular complexity index is 1110. The molecule has 0 bridgehead atoms. The molecular formula is C16H10ClN5O4. The average molecular weight is 372 g/mol. The lowest BCUT2D eigenvalue weighted by atomic mass is 10.2. The van der Waals surface area contributed by atoms with E-state index in [1.165, 1.54) is 28.8 Å². The van der Waals surface area contributed by atoms with Crippen LogP contribution < -0.4 is 11.0 Å². The third-order valence-electron chi connectivity index (χ3n) is 3.40. The highest BCUT2D eigenvalue weighted by Crippen LogP contribution is 2.13. The molecule has 10 heteroatoms. The van der Waals surface area contributed by atoms with Crippen LogP contribution in [0.25, 0.3) is 5.65 Å². The summed E-state index contributed by atoms with van der Waals surface area (Å²) in [5.74, 6) is -0.671. The van der Waals surface area contributed by atoms with Crippen molar-refractivity contribution < 1.29 is 9.72 Å². The van der Waals surface area contributed by atoms with Gasteiger partial charge in [0.25, 0.3) is 17.2 Å². The predicted octanol–water partition coefficient (Wildman–Crippen LogP) is 2.02. The molecule has 2 aromatic heterocycles. The van der Waals surface area contributed by atoms with Crippen molar-refractivity contribution in [3.63, 3.8) is 0 Å². The van der Waals surface area contributed by atoms with Crippen molar-refractivity contribution in [2.45, 2.75) is 0 Å². The fourth-order valence-electron chi connectivity index (χ4n) is 2.16. The van der Waals surface area contributed by atoms with Gasteiger partial charge in [-0.05, 0) is 18.2 Å². The first-order valence-electron chi connectivity index (χ1n) is 7.22. The molecule has 0 saturated carbocycles. The van der Waals surface area contributed by atoms with Crippen LogP contribution >= 0.6 is 11.6 Å². The molecule has 1 amide bonds. The largest absolute Gasteiger partial charge is 0.271 e. The van der Waals surface area contributed by atoms with Gasteiger partial charge in [0.2, 0.25) is 0 Å². The Hall–Kier alpha value is -3.59. The van der Waals surface area contributed by atoms with Crippen LogP contribution in [-0.4, -0.2) is 26.4 Å². The Balaban J connectivity index is 1.84. The summed E-state index contributed by atoms with van der Waals surface area (Å²) in [7, 11) is 0. The maximum absolute atomic E-state index is 12.4. The Morgan fingerprint density at radius 2 is 2.12 bits per heavy atom. The average Bonchev–Trinajstić information content (AvgIpc) is 2.64. The van der Waals surface area contributed by atoms with Gasteiger partial charge in [-0.3, -0.25) is 24.1 Å². The van der Waals surface area contributed by atoms with Crippen LogP contribution in [0.3, 0.4) is 0 Å². The lowest BCUT2D eigenvalue weighted by molar-refractivity contribution is -0.384. The molecule has 0 unspecified atom stereocenters. The van der Waals surface area contributed by atoms with Gasteiger partial charge in [-0.15, -0.1) is 0 Å². The normalized spacial score (nSPS) is 11.0. The molecular weight excluding hydrogens is 362 g/mol. The smallest absolute Gasteiger partial charge is 0.268 e. The van der Waals surface area contributed by atoms with Gasteiger partial charge >= 0.3 is 0 Å². The first kappa shape index (κ1) is 17.2. The first-order valence-corrected chi connectivity index (χ1v) is 7.60. The summed E-state index contributed by atoms with van der Waals surface area (Å²) in [5.41, 5.74) is 1.94. The Morgan fingerprint density at radius 3 is 2.88 bits per heavy atom. The number of fused-ring (bicyclic) bond motifs is 1. The van der Waals surface area contributed by atoms with E-state index in [0.717, 1.165) is 12.3 Å². The van der Waals surface area contributed by atoms with E-state index in [9.17, 15) is 19.7 Å². The molecule has 0 saturated heterocycles. The van der Waals surface area contributed by atoms with Crippen molar-refractivity contribution in [1.82, 2.24) is 14.8 Å². The Kier molecular flexibility index (Phi) is 4.72. The minimum absolute atomic E-state index is 0.00490.